The van der Waals surface area contributed by atoms with Gasteiger partial charge in [0.15, 0.2) is 6.10 Å². The lowest BCUT2D eigenvalue weighted by molar-refractivity contribution is -0.126. The Labute approximate surface area is 197 Å². The number of carbonyl (C=O) groups excluding carboxylic acids is 2. The molecular formula is C26H23ClN2O4. The highest BCUT2D eigenvalue weighted by Gasteiger charge is 2.60. The van der Waals surface area contributed by atoms with Gasteiger partial charge in [-0.3, -0.25) is 14.4 Å². The van der Waals surface area contributed by atoms with Crippen LogP contribution in [-0.4, -0.2) is 24.5 Å². The van der Waals surface area contributed by atoms with Crippen molar-refractivity contribution in [1.82, 2.24) is 0 Å². The number of imide groups is 1. The molecule has 0 spiro atoms. The minimum Gasteiger partial charge on any atom is -0.494 e. The van der Waals surface area contributed by atoms with Crippen molar-refractivity contribution in [3.63, 3.8) is 0 Å². The van der Waals surface area contributed by atoms with E-state index in [1.807, 2.05) is 55.5 Å². The summed E-state index contributed by atoms with van der Waals surface area (Å²) in [5.74, 6) is -0.677. The maximum absolute atomic E-state index is 13.6. The molecule has 2 fully saturated rings. The third-order valence-electron chi connectivity index (χ3n) is 5.88. The van der Waals surface area contributed by atoms with E-state index in [0.717, 1.165) is 17.7 Å². The van der Waals surface area contributed by atoms with Gasteiger partial charge in [-0.05, 0) is 60.5 Å². The molecule has 3 aromatic carbocycles. The molecule has 6 nitrogen and oxygen atoms in total. The molecule has 0 saturated carbocycles. The maximum Gasteiger partial charge on any atom is 0.266 e. The van der Waals surface area contributed by atoms with Crippen LogP contribution in [0.5, 0.6) is 5.75 Å². The Balaban J connectivity index is 1.50. The van der Waals surface area contributed by atoms with Crippen LogP contribution in [0, 0.1) is 5.92 Å². The van der Waals surface area contributed by atoms with Crippen molar-refractivity contribution in [1.29, 1.82) is 0 Å². The van der Waals surface area contributed by atoms with Gasteiger partial charge in [-0.25, -0.2) is 9.96 Å². The molecule has 2 aliphatic rings. The van der Waals surface area contributed by atoms with E-state index in [9.17, 15) is 9.59 Å². The van der Waals surface area contributed by atoms with Crippen molar-refractivity contribution in [2.75, 3.05) is 16.6 Å². The molecule has 2 amide bonds. The van der Waals surface area contributed by atoms with Gasteiger partial charge in [0.05, 0.1) is 24.0 Å². The lowest BCUT2D eigenvalue weighted by atomic mass is 9.90. The molecule has 0 bridgehead atoms. The summed E-state index contributed by atoms with van der Waals surface area (Å²) in [6.07, 6.45) is -0.0216. The molecule has 0 unspecified atom stereocenters. The lowest BCUT2D eigenvalue weighted by Crippen LogP contribution is -2.37. The van der Waals surface area contributed by atoms with Crippen LogP contribution in [0.2, 0.25) is 5.02 Å². The van der Waals surface area contributed by atoms with Crippen LogP contribution < -0.4 is 14.7 Å². The molecule has 2 heterocycles. The van der Waals surface area contributed by atoms with Gasteiger partial charge in [-0.2, -0.15) is 0 Å². The molecule has 3 atom stereocenters. The number of hydrogen-bond acceptors (Lipinski definition) is 5. The molecule has 2 aliphatic heterocycles. The topological polar surface area (TPSA) is 59.1 Å². The summed E-state index contributed by atoms with van der Waals surface area (Å²) in [6, 6.07) is 23.3. The number of ether oxygens (including phenoxy) is 1. The van der Waals surface area contributed by atoms with E-state index in [0.29, 0.717) is 23.1 Å². The summed E-state index contributed by atoms with van der Waals surface area (Å²) >= 11 is 6.27. The van der Waals surface area contributed by atoms with Crippen LogP contribution in [0.3, 0.4) is 0 Å². The fourth-order valence-electron chi connectivity index (χ4n) is 4.41. The van der Waals surface area contributed by atoms with E-state index in [1.165, 1.54) is 4.90 Å². The van der Waals surface area contributed by atoms with Gasteiger partial charge in [-0.1, -0.05) is 48.9 Å². The molecule has 0 N–H and O–H groups in total. The summed E-state index contributed by atoms with van der Waals surface area (Å²) < 4.78 is 5.62. The lowest BCUT2D eigenvalue weighted by Gasteiger charge is -2.28. The molecule has 3 aromatic rings. The number of para-hydroxylation sites is 1. The standard InChI is InChI=1S/C26H23ClN2O4/c1-2-15-32-21-13-11-19(12-14-21)28-25(30)22-23(17-7-6-8-18(27)16-17)29(33-24(22)26(28)31)20-9-4-3-5-10-20/h3-14,16,22-24H,2,15H2,1H3/t22-,23-,24+/m1/s1. The van der Waals surface area contributed by atoms with E-state index < -0.39 is 18.1 Å². The predicted molar refractivity (Wildman–Crippen MR) is 126 cm³/mol. The van der Waals surface area contributed by atoms with Gasteiger partial charge in [0.25, 0.3) is 5.91 Å². The zero-order valence-electron chi connectivity index (χ0n) is 18.1. The molecule has 0 radical (unpaired) electrons. The molecule has 0 aliphatic carbocycles. The van der Waals surface area contributed by atoms with E-state index >= 15 is 0 Å². The van der Waals surface area contributed by atoms with Crippen LogP contribution in [0.1, 0.15) is 24.9 Å². The number of anilines is 2. The highest BCUT2D eigenvalue weighted by Crippen LogP contribution is 2.47. The summed E-state index contributed by atoms with van der Waals surface area (Å²) in [4.78, 5) is 34.4. The molecule has 2 saturated heterocycles. The number of halogens is 1. The van der Waals surface area contributed by atoms with Gasteiger partial charge in [0.1, 0.15) is 11.7 Å². The predicted octanol–water partition coefficient (Wildman–Crippen LogP) is 5.18. The zero-order chi connectivity index (χ0) is 22.9. The molecule has 5 rings (SSSR count). The Morgan fingerprint density at radius 1 is 0.909 bits per heavy atom. The van der Waals surface area contributed by atoms with Crippen molar-refractivity contribution in [3.8, 4) is 5.75 Å². The van der Waals surface area contributed by atoms with Crippen LogP contribution in [0.15, 0.2) is 78.9 Å². The molecule has 0 aromatic heterocycles. The summed E-state index contributed by atoms with van der Waals surface area (Å²) in [5, 5.41) is 2.22. The number of hydroxylamine groups is 1. The first-order valence-corrected chi connectivity index (χ1v) is 11.3. The van der Waals surface area contributed by atoms with Gasteiger partial charge < -0.3 is 4.74 Å². The SMILES string of the molecule is CCCOc1ccc(N2C(=O)[C@H]3[C@H](ON(c4ccccc4)[C@@H]3c3cccc(Cl)c3)C2=O)cc1. The van der Waals surface area contributed by atoms with Crippen molar-refractivity contribution < 1.29 is 19.2 Å². The number of hydrogen-bond donors (Lipinski definition) is 0. The normalized spacial score (nSPS) is 22.1. The van der Waals surface area contributed by atoms with Gasteiger partial charge in [0.2, 0.25) is 5.91 Å². The number of carbonyl (C=O) groups is 2. The monoisotopic (exact) mass is 462 g/mol. The quantitative estimate of drug-likeness (QED) is 0.472. The van der Waals surface area contributed by atoms with Crippen LogP contribution in [0.4, 0.5) is 11.4 Å². The fraction of sp³-hybridized carbons (Fsp3) is 0.231. The van der Waals surface area contributed by atoms with Crippen LogP contribution in [-0.2, 0) is 14.4 Å². The average Bonchev–Trinajstić information content (AvgIpc) is 3.35. The van der Waals surface area contributed by atoms with E-state index in [1.54, 1.807) is 35.4 Å². The third kappa shape index (κ3) is 3.86. The largest absolute Gasteiger partial charge is 0.494 e. The minimum atomic E-state index is -0.919. The van der Waals surface area contributed by atoms with Gasteiger partial charge in [-0.15, -0.1) is 0 Å². The minimum absolute atomic E-state index is 0.296. The Bertz CT molecular complexity index is 1170. The summed E-state index contributed by atoms with van der Waals surface area (Å²) in [6.45, 7) is 2.64. The Morgan fingerprint density at radius 3 is 2.36 bits per heavy atom. The molecule has 168 valence electrons. The van der Waals surface area contributed by atoms with Crippen molar-refractivity contribution >= 4 is 34.8 Å². The summed E-state index contributed by atoms with van der Waals surface area (Å²) in [7, 11) is 0. The van der Waals surface area contributed by atoms with Gasteiger partial charge in [0, 0.05) is 5.02 Å². The van der Waals surface area contributed by atoms with Crippen LogP contribution >= 0.6 is 11.6 Å². The number of benzene rings is 3. The first-order chi connectivity index (χ1) is 16.1. The van der Waals surface area contributed by atoms with Gasteiger partial charge >= 0.3 is 0 Å². The second-order valence-corrected chi connectivity index (χ2v) is 8.50. The number of rotatable bonds is 6. The van der Waals surface area contributed by atoms with Crippen LogP contribution in [0.25, 0.3) is 0 Å². The van der Waals surface area contributed by atoms with Crippen molar-refractivity contribution in [2.45, 2.75) is 25.5 Å². The second-order valence-electron chi connectivity index (χ2n) is 8.07. The Kier molecular flexibility index (Phi) is 5.79. The Hall–Kier alpha value is -3.35. The average molecular weight is 463 g/mol. The smallest absolute Gasteiger partial charge is 0.266 e. The van der Waals surface area contributed by atoms with E-state index in [2.05, 4.69) is 0 Å². The first-order valence-electron chi connectivity index (χ1n) is 11.0. The Morgan fingerprint density at radius 2 is 1.67 bits per heavy atom. The molecular weight excluding hydrogens is 440 g/mol. The zero-order valence-corrected chi connectivity index (χ0v) is 18.8. The third-order valence-corrected chi connectivity index (χ3v) is 6.12. The molecule has 33 heavy (non-hydrogen) atoms. The number of nitrogens with zero attached hydrogens (tertiary/aromatic N) is 2. The number of amides is 2. The summed E-state index contributed by atoms with van der Waals surface area (Å²) in [5.41, 5.74) is 2.08. The first kappa shape index (κ1) is 21.5. The second kappa shape index (κ2) is 8.89. The van der Waals surface area contributed by atoms with Crippen molar-refractivity contribution in [3.05, 3.63) is 89.4 Å². The van der Waals surface area contributed by atoms with E-state index in [-0.39, 0.29) is 11.8 Å². The maximum atomic E-state index is 13.6. The fourth-order valence-corrected chi connectivity index (χ4v) is 4.61. The highest BCUT2D eigenvalue weighted by molar-refractivity contribution is 6.30. The highest BCUT2D eigenvalue weighted by atomic mass is 35.5. The van der Waals surface area contributed by atoms with E-state index in [4.69, 9.17) is 21.2 Å². The molecule has 7 heteroatoms. The van der Waals surface area contributed by atoms with Crippen molar-refractivity contribution in [2.24, 2.45) is 5.92 Å². The number of fused-ring (bicyclic) bond motifs is 1.